The Kier molecular flexibility index (Phi) is 7.17. The number of halogens is 1. The second kappa shape index (κ2) is 10.4. The van der Waals surface area contributed by atoms with Gasteiger partial charge in [-0.05, 0) is 84.6 Å². The first kappa shape index (κ1) is 26.8. The molecule has 3 aromatic carbocycles. The largest absolute Gasteiger partial charge is 0.465 e. The van der Waals surface area contributed by atoms with Gasteiger partial charge in [0.05, 0.1) is 17.6 Å². The molecule has 39 heavy (non-hydrogen) atoms. The third kappa shape index (κ3) is 5.02. The average Bonchev–Trinajstić information content (AvgIpc) is 3.56. The van der Waals surface area contributed by atoms with Gasteiger partial charge in [0.2, 0.25) is 10.0 Å². The van der Waals surface area contributed by atoms with E-state index in [1.165, 1.54) is 44.5 Å². The normalized spacial score (nSPS) is 15.8. The van der Waals surface area contributed by atoms with Crippen molar-refractivity contribution < 1.29 is 27.1 Å². The molecule has 1 spiro atoms. The number of esters is 1. The molecule has 1 aliphatic heterocycles. The first-order valence-corrected chi connectivity index (χ1v) is 14.3. The molecule has 0 radical (unpaired) electrons. The van der Waals surface area contributed by atoms with E-state index in [-0.39, 0.29) is 28.4 Å². The zero-order valence-electron chi connectivity index (χ0n) is 21.8. The second-order valence-corrected chi connectivity index (χ2v) is 11.9. The summed E-state index contributed by atoms with van der Waals surface area (Å²) in [7, 11) is -0.886. The van der Waals surface area contributed by atoms with Crippen molar-refractivity contribution in [3.8, 4) is 11.1 Å². The number of amides is 2. The van der Waals surface area contributed by atoms with Gasteiger partial charge in [0.1, 0.15) is 5.82 Å². The van der Waals surface area contributed by atoms with Crippen molar-refractivity contribution in [2.45, 2.75) is 42.5 Å². The smallest absolute Gasteiger partial charge is 0.338 e. The highest BCUT2D eigenvalue weighted by atomic mass is 32.2. The highest BCUT2D eigenvalue weighted by Gasteiger charge is 2.46. The Bertz CT molecular complexity index is 1530. The van der Waals surface area contributed by atoms with Crippen molar-refractivity contribution in [2.24, 2.45) is 0 Å². The van der Waals surface area contributed by atoms with Crippen LogP contribution in [0.5, 0.6) is 0 Å². The van der Waals surface area contributed by atoms with Crippen molar-refractivity contribution in [1.82, 2.24) is 10.0 Å². The van der Waals surface area contributed by atoms with E-state index >= 15 is 0 Å². The molecule has 1 saturated carbocycles. The fourth-order valence-corrected chi connectivity index (χ4v) is 6.45. The Labute approximate surface area is 227 Å². The highest BCUT2D eigenvalue weighted by Crippen LogP contribution is 2.51. The lowest BCUT2D eigenvalue weighted by molar-refractivity contribution is 0.0601. The van der Waals surface area contributed by atoms with E-state index in [1.807, 2.05) is 12.1 Å². The van der Waals surface area contributed by atoms with Gasteiger partial charge in [0, 0.05) is 24.2 Å². The number of carbonyl (C=O) groups is 2. The molecule has 5 rings (SSSR count). The van der Waals surface area contributed by atoms with E-state index in [9.17, 15) is 22.4 Å². The summed E-state index contributed by atoms with van der Waals surface area (Å²) >= 11 is 0. The Morgan fingerprint density at radius 3 is 2.41 bits per heavy atom. The van der Waals surface area contributed by atoms with Gasteiger partial charge in [0.15, 0.2) is 0 Å². The molecule has 1 aliphatic carbocycles. The van der Waals surface area contributed by atoms with Crippen LogP contribution in [0.15, 0.2) is 65.6 Å². The minimum atomic E-state index is -3.53. The van der Waals surface area contributed by atoms with Crippen LogP contribution in [0.4, 0.5) is 14.9 Å². The number of fused-ring (bicyclic) bond motifs is 2. The maximum absolute atomic E-state index is 14.2. The SMILES string of the molecule is CNS(=O)(=O)c1ccc(CNC(=O)N2CC3(CCCC3)c3cc(-c4cc(F)ccc4C(=O)OC)ccc32)cc1. The summed E-state index contributed by atoms with van der Waals surface area (Å²) < 4.78 is 45.3. The van der Waals surface area contributed by atoms with Crippen molar-refractivity contribution in [2.75, 3.05) is 25.6 Å². The van der Waals surface area contributed by atoms with Crippen LogP contribution in [0.3, 0.4) is 0 Å². The molecule has 1 heterocycles. The Balaban J connectivity index is 1.42. The Hall–Kier alpha value is -3.76. The van der Waals surface area contributed by atoms with Gasteiger partial charge in [-0.1, -0.05) is 31.0 Å². The van der Waals surface area contributed by atoms with Gasteiger partial charge >= 0.3 is 12.0 Å². The predicted molar refractivity (Wildman–Crippen MR) is 146 cm³/mol. The van der Waals surface area contributed by atoms with Crippen molar-refractivity contribution in [3.63, 3.8) is 0 Å². The molecule has 10 heteroatoms. The number of nitrogens with one attached hydrogen (secondary N) is 2. The van der Waals surface area contributed by atoms with Gasteiger partial charge < -0.3 is 10.1 Å². The van der Waals surface area contributed by atoms with Crippen LogP contribution >= 0.6 is 0 Å². The molecule has 0 aromatic heterocycles. The van der Waals surface area contributed by atoms with E-state index in [4.69, 9.17) is 4.74 Å². The number of benzene rings is 3. The van der Waals surface area contributed by atoms with Gasteiger partial charge in [-0.25, -0.2) is 27.1 Å². The molecular formula is C29H30FN3O5S. The van der Waals surface area contributed by atoms with Crippen LogP contribution in [0.2, 0.25) is 0 Å². The third-order valence-electron chi connectivity index (χ3n) is 7.77. The summed E-state index contributed by atoms with van der Waals surface area (Å²) in [6, 6.07) is 15.7. The van der Waals surface area contributed by atoms with E-state index in [0.717, 1.165) is 42.5 Å². The van der Waals surface area contributed by atoms with Crippen LogP contribution in [0.1, 0.15) is 47.2 Å². The lowest BCUT2D eigenvalue weighted by Gasteiger charge is -2.25. The second-order valence-electron chi connectivity index (χ2n) is 10.00. The fraction of sp³-hybridized carbons (Fsp3) is 0.310. The number of hydrogen-bond acceptors (Lipinski definition) is 5. The molecule has 2 amide bonds. The first-order valence-electron chi connectivity index (χ1n) is 12.8. The summed E-state index contributed by atoms with van der Waals surface area (Å²) in [5.41, 5.74) is 3.80. The zero-order valence-corrected chi connectivity index (χ0v) is 22.6. The van der Waals surface area contributed by atoms with E-state index in [1.54, 1.807) is 23.1 Å². The molecule has 0 unspecified atom stereocenters. The Morgan fingerprint density at radius 1 is 1.03 bits per heavy atom. The van der Waals surface area contributed by atoms with Crippen LogP contribution in [-0.4, -0.2) is 41.1 Å². The summed E-state index contributed by atoms with van der Waals surface area (Å²) in [6.45, 7) is 0.769. The number of hydrogen-bond donors (Lipinski definition) is 2. The monoisotopic (exact) mass is 551 g/mol. The third-order valence-corrected chi connectivity index (χ3v) is 9.20. The number of nitrogens with zero attached hydrogens (tertiary/aromatic N) is 1. The number of rotatable bonds is 6. The molecule has 0 bridgehead atoms. The number of sulfonamides is 1. The van der Waals surface area contributed by atoms with Crippen molar-refractivity contribution in [3.05, 3.63) is 83.2 Å². The Morgan fingerprint density at radius 2 is 1.74 bits per heavy atom. The standard InChI is InChI=1S/C29H30FN3O5S/c1-31-39(36,37)22-9-5-19(6-10-22)17-32-28(35)33-18-29(13-3-4-14-29)25-15-20(7-12-26(25)33)24-16-21(30)8-11-23(24)27(34)38-2/h5-12,15-16,31H,3-4,13-14,17-18H2,1-2H3,(H,32,35). The van der Waals surface area contributed by atoms with Gasteiger partial charge in [-0.15, -0.1) is 0 Å². The number of methoxy groups -OCH3 is 1. The van der Waals surface area contributed by atoms with E-state index in [0.29, 0.717) is 17.7 Å². The molecule has 2 N–H and O–H groups in total. The molecule has 1 fully saturated rings. The summed E-state index contributed by atoms with van der Waals surface area (Å²) in [5.74, 6) is -0.995. The predicted octanol–water partition coefficient (Wildman–Crippen LogP) is 4.73. The molecular weight excluding hydrogens is 521 g/mol. The quantitative estimate of drug-likeness (QED) is 0.431. The number of ether oxygens (including phenoxy) is 1. The molecule has 0 saturated heterocycles. The topological polar surface area (TPSA) is 105 Å². The maximum Gasteiger partial charge on any atom is 0.338 e. The lowest BCUT2D eigenvalue weighted by Crippen LogP contribution is -2.41. The number of carbonyl (C=O) groups excluding carboxylic acids is 2. The zero-order chi connectivity index (χ0) is 27.8. The van der Waals surface area contributed by atoms with Gasteiger partial charge in [0.25, 0.3) is 0 Å². The highest BCUT2D eigenvalue weighted by molar-refractivity contribution is 7.89. The number of anilines is 1. The maximum atomic E-state index is 14.2. The van der Waals surface area contributed by atoms with Crippen LogP contribution in [0, 0.1) is 5.82 Å². The number of urea groups is 1. The lowest BCUT2D eigenvalue weighted by atomic mass is 9.79. The average molecular weight is 552 g/mol. The van der Waals surface area contributed by atoms with Crippen LogP contribution in [-0.2, 0) is 26.7 Å². The van der Waals surface area contributed by atoms with Crippen LogP contribution in [0.25, 0.3) is 11.1 Å². The first-order chi connectivity index (χ1) is 18.7. The molecule has 0 atom stereocenters. The van der Waals surface area contributed by atoms with Crippen molar-refractivity contribution >= 4 is 27.7 Å². The minimum absolute atomic E-state index is 0.154. The fourth-order valence-electron chi connectivity index (χ4n) is 5.72. The minimum Gasteiger partial charge on any atom is -0.465 e. The van der Waals surface area contributed by atoms with Crippen molar-refractivity contribution in [1.29, 1.82) is 0 Å². The van der Waals surface area contributed by atoms with E-state index in [2.05, 4.69) is 10.0 Å². The van der Waals surface area contributed by atoms with Gasteiger partial charge in [-0.3, -0.25) is 4.90 Å². The molecule has 204 valence electrons. The van der Waals surface area contributed by atoms with Crippen LogP contribution < -0.4 is 14.9 Å². The molecule has 3 aromatic rings. The molecule has 8 nitrogen and oxygen atoms in total. The van der Waals surface area contributed by atoms with E-state index < -0.39 is 21.8 Å². The summed E-state index contributed by atoms with van der Waals surface area (Å²) in [4.78, 5) is 27.7. The van der Waals surface area contributed by atoms with Gasteiger partial charge in [-0.2, -0.15) is 0 Å². The molecule has 2 aliphatic rings. The summed E-state index contributed by atoms with van der Waals surface area (Å²) in [6.07, 6.45) is 3.96. The summed E-state index contributed by atoms with van der Waals surface area (Å²) in [5, 5.41) is 2.96.